The topological polar surface area (TPSA) is 59.3 Å². The molecule has 0 spiro atoms. The average Bonchev–Trinajstić information content (AvgIpc) is 3.21. The number of sulfone groups is 1. The molecular weight excluding hydrogens is 413 g/mol. The first-order chi connectivity index (χ1) is 13.8. The molecule has 7 heteroatoms. The first kappa shape index (κ1) is 20.4. The molecule has 0 saturated carbocycles. The van der Waals surface area contributed by atoms with E-state index in [1.165, 1.54) is 6.07 Å². The van der Waals surface area contributed by atoms with E-state index in [0.717, 1.165) is 48.4 Å². The van der Waals surface area contributed by atoms with Gasteiger partial charge in [-0.05, 0) is 60.6 Å². The van der Waals surface area contributed by atoms with E-state index in [9.17, 15) is 17.9 Å². The third kappa shape index (κ3) is 3.37. The molecule has 1 aliphatic carbocycles. The minimum absolute atomic E-state index is 0.0378. The zero-order valence-electron chi connectivity index (χ0n) is 16.3. The van der Waals surface area contributed by atoms with Crippen molar-refractivity contribution in [1.29, 1.82) is 0 Å². The number of rotatable bonds is 5. The molecule has 0 radical (unpaired) electrons. The van der Waals surface area contributed by atoms with Gasteiger partial charge in [-0.25, -0.2) is 12.8 Å². The molecule has 1 aliphatic rings. The molecule has 1 N–H and O–H groups in total. The number of nitrogens with zero attached hydrogens (tertiary/aromatic N) is 1. The van der Waals surface area contributed by atoms with Crippen molar-refractivity contribution >= 4 is 32.3 Å². The molecule has 0 aliphatic heterocycles. The van der Waals surface area contributed by atoms with E-state index in [0.29, 0.717) is 15.9 Å². The van der Waals surface area contributed by atoms with Gasteiger partial charge in [0.15, 0.2) is 9.84 Å². The van der Waals surface area contributed by atoms with E-state index < -0.39 is 21.7 Å². The van der Waals surface area contributed by atoms with Crippen LogP contribution in [0.4, 0.5) is 4.39 Å². The molecule has 2 atom stereocenters. The molecular formula is C22H23ClFNO3S. The summed E-state index contributed by atoms with van der Waals surface area (Å²) in [6.07, 6.45) is 3.68. The summed E-state index contributed by atoms with van der Waals surface area (Å²) < 4.78 is 41.5. The Morgan fingerprint density at radius 1 is 1.28 bits per heavy atom. The van der Waals surface area contributed by atoms with Crippen molar-refractivity contribution in [3.8, 4) is 0 Å². The molecule has 154 valence electrons. The highest BCUT2D eigenvalue weighted by Gasteiger charge is 2.34. The van der Waals surface area contributed by atoms with E-state index >= 15 is 0 Å². The number of fused-ring (bicyclic) bond motifs is 3. The summed E-state index contributed by atoms with van der Waals surface area (Å²) in [5, 5.41) is 11.6. The van der Waals surface area contributed by atoms with Crippen molar-refractivity contribution in [2.24, 2.45) is 0 Å². The van der Waals surface area contributed by atoms with E-state index in [2.05, 4.69) is 6.92 Å². The largest absolute Gasteiger partial charge is 0.394 e. The average molecular weight is 436 g/mol. The number of hydrogen-bond acceptors (Lipinski definition) is 3. The van der Waals surface area contributed by atoms with Crippen LogP contribution in [0.2, 0.25) is 5.02 Å². The molecule has 0 amide bonds. The van der Waals surface area contributed by atoms with E-state index in [1.54, 1.807) is 12.1 Å². The van der Waals surface area contributed by atoms with Crippen LogP contribution in [-0.4, -0.2) is 31.0 Å². The van der Waals surface area contributed by atoms with Gasteiger partial charge in [0, 0.05) is 22.4 Å². The maximum absolute atomic E-state index is 14.4. The number of benzene rings is 2. The lowest BCUT2D eigenvalue weighted by Crippen LogP contribution is -2.19. The highest BCUT2D eigenvalue weighted by atomic mass is 35.5. The Bertz CT molecular complexity index is 1190. The van der Waals surface area contributed by atoms with Crippen molar-refractivity contribution < 1.29 is 17.9 Å². The quantitative estimate of drug-likeness (QED) is 0.622. The van der Waals surface area contributed by atoms with Gasteiger partial charge in [-0.1, -0.05) is 30.7 Å². The molecule has 1 aromatic heterocycles. The molecule has 0 unspecified atom stereocenters. The molecule has 0 bridgehead atoms. The normalized spacial score (nSPS) is 17.6. The van der Waals surface area contributed by atoms with Gasteiger partial charge in [-0.15, -0.1) is 0 Å². The molecule has 0 saturated heterocycles. The van der Waals surface area contributed by atoms with Crippen LogP contribution in [0.5, 0.6) is 0 Å². The van der Waals surface area contributed by atoms with Crippen LogP contribution in [0, 0.1) is 5.82 Å². The Balaban J connectivity index is 2.12. The van der Waals surface area contributed by atoms with Crippen molar-refractivity contribution in [2.45, 2.75) is 43.0 Å². The summed E-state index contributed by atoms with van der Waals surface area (Å²) in [7, 11) is -3.68. The number of aromatic nitrogens is 1. The Kier molecular flexibility index (Phi) is 5.21. The van der Waals surface area contributed by atoms with Gasteiger partial charge in [0.05, 0.1) is 23.1 Å². The second-order valence-corrected chi connectivity index (χ2v) is 10.1. The third-order valence-corrected chi connectivity index (χ3v) is 7.30. The van der Waals surface area contributed by atoms with Crippen molar-refractivity contribution in [3.05, 3.63) is 64.1 Å². The van der Waals surface area contributed by atoms with Gasteiger partial charge in [-0.2, -0.15) is 0 Å². The molecule has 29 heavy (non-hydrogen) atoms. The summed E-state index contributed by atoms with van der Waals surface area (Å²) in [6.45, 7) is 1.88. The highest BCUT2D eigenvalue weighted by Crippen LogP contribution is 2.46. The Labute approximate surface area is 174 Å². The summed E-state index contributed by atoms with van der Waals surface area (Å²) >= 11 is 6.03. The number of aryl methyl sites for hydroxylation is 1. The molecule has 1 heterocycles. The zero-order chi connectivity index (χ0) is 20.9. The summed E-state index contributed by atoms with van der Waals surface area (Å²) in [6, 6.07) is 9.19. The second kappa shape index (κ2) is 7.42. The van der Waals surface area contributed by atoms with Crippen molar-refractivity contribution in [3.63, 3.8) is 0 Å². The van der Waals surface area contributed by atoms with Gasteiger partial charge in [0.1, 0.15) is 5.82 Å². The van der Waals surface area contributed by atoms with Crippen LogP contribution < -0.4 is 0 Å². The monoisotopic (exact) mass is 435 g/mol. The van der Waals surface area contributed by atoms with E-state index in [4.69, 9.17) is 11.6 Å². The molecule has 4 rings (SSSR count). The van der Waals surface area contributed by atoms with Crippen LogP contribution in [0.3, 0.4) is 0 Å². The first-order valence-corrected chi connectivity index (χ1v) is 12.0. The van der Waals surface area contributed by atoms with E-state index in [1.807, 2.05) is 16.7 Å². The van der Waals surface area contributed by atoms with Crippen LogP contribution in [-0.2, 0) is 16.3 Å². The fourth-order valence-electron chi connectivity index (χ4n) is 4.64. The highest BCUT2D eigenvalue weighted by molar-refractivity contribution is 7.91. The SMILES string of the molecule is CC[C@H]1CCc2c1n([C@@H](CO)c1ccc(Cl)cc1)c1c(S(C)(=O)=O)cc(F)cc21. The molecule has 3 aromatic rings. The van der Waals surface area contributed by atoms with Gasteiger partial charge in [-0.3, -0.25) is 0 Å². The van der Waals surface area contributed by atoms with Crippen molar-refractivity contribution in [2.75, 3.05) is 12.9 Å². The first-order valence-electron chi connectivity index (χ1n) is 9.68. The maximum Gasteiger partial charge on any atom is 0.177 e. The zero-order valence-corrected chi connectivity index (χ0v) is 17.9. The predicted octanol–water partition coefficient (Wildman–Crippen LogP) is 4.86. The van der Waals surface area contributed by atoms with Crippen LogP contribution in [0.1, 0.15) is 48.5 Å². The van der Waals surface area contributed by atoms with Crippen LogP contribution in [0.25, 0.3) is 10.9 Å². The fourth-order valence-corrected chi connectivity index (χ4v) is 5.65. The molecule has 2 aromatic carbocycles. The van der Waals surface area contributed by atoms with E-state index in [-0.39, 0.29) is 17.4 Å². The van der Waals surface area contributed by atoms with Gasteiger partial charge in [0.2, 0.25) is 0 Å². The summed E-state index contributed by atoms with van der Waals surface area (Å²) in [4.78, 5) is -0.0378. The lowest BCUT2D eigenvalue weighted by atomic mass is 10.0. The second-order valence-electron chi connectivity index (χ2n) is 7.70. The number of aliphatic hydroxyl groups is 1. The van der Waals surface area contributed by atoms with Crippen molar-refractivity contribution in [1.82, 2.24) is 4.57 Å². The third-order valence-electron chi connectivity index (χ3n) is 5.94. The molecule has 0 fully saturated rings. The minimum Gasteiger partial charge on any atom is -0.394 e. The Morgan fingerprint density at radius 3 is 2.55 bits per heavy atom. The maximum atomic E-state index is 14.4. The van der Waals surface area contributed by atoms with Crippen LogP contribution in [0.15, 0.2) is 41.3 Å². The lowest BCUT2D eigenvalue weighted by Gasteiger charge is -2.24. The number of hydrogen-bond donors (Lipinski definition) is 1. The van der Waals surface area contributed by atoms with Gasteiger partial charge < -0.3 is 9.67 Å². The fraction of sp³-hybridized carbons (Fsp3) is 0.364. The Hall–Kier alpha value is -1.89. The minimum atomic E-state index is -3.68. The smallest absolute Gasteiger partial charge is 0.177 e. The van der Waals surface area contributed by atoms with Crippen LogP contribution >= 0.6 is 11.6 Å². The lowest BCUT2D eigenvalue weighted by molar-refractivity contribution is 0.249. The van der Waals surface area contributed by atoms with Gasteiger partial charge >= 0.3 is 0 Å². The number of halogens is 2. The Morgan fingerprint density at radius 2 is 1.97 bits per heavy atom. The van der Waals surface area contributed by atoms with Gasteiger partial charge in [0.25, 0.3) is 0 Å². The summed E-state index contributed by atoms with van der Waals surface area (Å²) in [5.41, 5.74) is 3.30. The summed E-state index contributed by atoms with van der Waals surface area (Å²) in [5.74, 6) is -0.334. The number of aliphatic hydroxyl groups excluding tert-OH is 1. The predicted molar refractivity (Wildman–Crippen MR) is 113 cm³/mol. The standard InChI is InChI=1S/C22H23ClFNO3S/c1-3-13-6-9-17-18-10-16(24)11-20(29(2,27)28)22(18)25(21(13)17)19(12-26)14-4-7-15(23)8-5-14/h4-5,7-8,10-11,13,19,26H,3,6,9,12H2,1-2H3/t13-,19-/m0/s1. The molecule has 4 nitrogen and oxygen atoms in total.